The summed E-state index contributed by atoms with van der Waals surface area (Å²) in [6.07, 6.45) is -6.16. The van der Waals surface area contributed by atoms with Crippen molar-refractivity contribution >= 4 is 10.9 Å². The first kappa shape index (κ1) is 30.3. The molecule has 3 aromatic rings. The van der Waals surface area contributed by atoms with Gasteiger partial charge in [-0.3, -0.25) is 4.98 Å². The Morgan fingerprint density at radius 1 is 1.07 bits per heavy atom. The third-order valence-corrected chi connectivity index (χ3v) is 8.49. The standard InChI is InChI=1S/C29H29F6N2O2.BrH/c1-3-18-16-37(15-17-10-20(28(30,31)32)13-21(11-17)29(33,34)35)9-7-19(18)12-26(37)27(38)23-6-8-36-25-5-4-22(39-2)14-24(23)25;/h3-6,8,10-11,13-14,18-19,26-27,38H,1,7,9,12,15-16H2,2H3;1H/q+1;/p-1/t18?,19?,26?,27?,37-;/m1./s1. The Morgan fingerprint density at radius 3 is 2.35 bits per heavy atom. The lowest BCUT2D eigenvalue weighted by atomic mass is 9.71. The molecular formula is C29H29BrF6N2O2. The number of methoxy groups -OCH3 is 1. The van der Waals surface area contributed by atoms with Crippen LogP contribution in [0.1, 0.15) is 41.2 Å². The molecule has 3 aliphatic heterocycles. The van der Waals surface area contributed by atoms with E-state index in [1.807, 2.05) is 6.08 Å². The lowest BCUT2D eigenvalue weighted by Gasteiger charge is -2.58. The molecular weight excluding hydrogens is 602 g/mol. The van der Waals surface area contributed by atoms with Gasteiger partial charge in [-0.05, 0) is 53.9 Å². The van der Waals surface area contributed by atoms with Gasteiger partial charge in [0.2, 0.25) is 0 Å². The van der Waals surface area contributed by atoms with Crippen LogP contribution in [-0.2, 0) is 18.9 Å². The van der Waals surface area contributed by atoms with Crippen LogP contribution in [-0.4, -0.2) is 40.8 Å². The molecule has 3 saturated heterocycles. The highest BCUT2D eigenvalue weighted by atomic mass is 79.9. The van der Waals surface area contributed by atoms with Crippen molar-refractivity contribution in [1.29, 1.82) is 0 Å². The Bertz CT molecular complexity index is 1360. The molecule has 4 heterocycles. The second-order valence-corrected chi connectivity index (χ2v) is 10.7. The number of fused-ring (bicyclic) bond motifs is 4. The Hall–Kier alpha value is -2.63. The monoisotopic (exact) mass is 630 g/mol. The smallest absolute Gasteiger partial charge is 0.416 e. The van der Waals surface area contributed by atoms with Gasteiger partial charge in [0, 0.05) is 35.9 Å². The highest BCUT2D eigenvalue weighted by Gasteiger charge is 2.54. The maximum absolute atomic E-state index is 13.6. The number of aliphatic hydroxyl groups is 1. The minimum atomic E-state index is -4.93. The molecule has 0 spiro atoms. The third-order valence-electron chi connectivity index (χ3n) is 8.49. The van der Waals surface area contributed by atoms with E-state index in [1.54, 1.807) is 30.5 Å². The molecule has 6 rings (SSSR count). The van der Waals surface area contributed by atoms with Crippen LogP contribution >= 0.6 is 0 Å². The number of hydrogen-bond acceptors (Lipinski definition) is 3. The zero-order valence-electron chi connectivity index (χ0n) is 21.6. The van der Waals surface area contributed by atoms with E-state index in [0.717, 1.165) is 18.6 Å². The minimum Gasteiger partial charge on any atom is -1.00 e. The number of quaternary nitrogens is 1. The lowest BCUT2D eigenvalue weighted by molar-refractivity contribution is -0.984. The molecule has 3 aliphatic rings. The Morgan fingerprint density at radius 2 is 1.75 bits per heavy atom. The average Bonchev–Trinajstić information content (AvgIpc) is 2.90. The first-order valence-corrected chi connectivity index (χ1v) is 12.7. The van der Waals surface area contributed by atoms with Gasteiger partial charge < -0.3 is 31.3 Å². The number of alkyl halides is 6. The van der Waals surface area contributed by atoms with Crippen molar-refractivity contribution in [2.24, 2.45) is 11.8 Å². The number of benzene rings is 2. The summed E-state index contributed by atoms with van der Waals surface area (Å²) in [7, 11) is 1.53. The maximum atomic E-state index is 13.6. The fraction of sp³-hybridized carbons (Fsp3) is 0.414. The van der Waals surface area contributed by atoms with Crippen LogP contribution in [0.4, 0.5) is 26.3 Å². The number of halogens is 7. The number of nitrogens with zero attached hydrogens (tertiary/aromatic N) is 2. The number of ether oxygens (including phenoxy) is 1. The van der Waals surface area contributed by atoms with Crippen LogP contribution in [0.2, 0.25) is 0 Å². The number of piperidine rings is 3. The molecule has 216 valence electrons. The highest BCUT2D eigenvalue weighted by Crippen LogP contribution is 2.48. The summed E-state index contributed by atoms with van der Waals surface area (Å²) in [5.41, 5.74) is -1.47. The fourth-order valence-corrected chi connectivity index (χ4v) is 6.59. The second kappa shape index (κ2) is 11.0. The molecule has 40 heavy (non-hydrogen) atoms. The van der Waals surface area contributed by atoms with Crippen molar-refractivity contribution in [2.75, 3.05) is 20.2 Å². The summed E-state index contributed by atoms with van der Waals surface area (Å²) in [4.78, 5) is 4.37. The minimum absolute atomic E-state index is 0. The molecule has 1 aromatic heterocycles. The summed E-state index contributed by atoms with van der Waals surface area (Å²) in [5, 5.41) is 12.5. The molecule has 0 saturated carbocycles. The molecule has 4 unspecified atom stereocenters. The van der Waals surface area contributed by atoms with Crippen LogP contribution in [0.3, 0.4) is 0 Å². The van der Waals surface area contributed by atoms with Crippen molar-refractivity contribution < 1.29 is 57.7 Å². The zero-order valence-corrected chi connectivity index (χ0v) is 23.2. The van der Waals surface area contributed by atoms with E-state index >= 15 is 0 Å². The van der Waals surface area contributed by atoms with Gasteiger partial charge in [-0.25, -0.2) is 0 Å². The van der Waals surface area contributed by atoms with Crippen LogP contribution in [0.5, 0.6) is 5.75 Å². The molecule has 0 amide bonds. The van der Waals surface area contributed by atoms with Gasteiger partial charge in [0.1, 0.15) is 24.4 Å². The fourth-order valence-electron chi connectivity index (χ4n) is 6.59. The number of rotatable bonds is 6. The highest BCUT2D eigenvalue weighted by molar-refractivity contribution is 5.83. The zero-order chi connectivity index (χ0) is 28.2. The van der Waals surface area contributed by atoms with Gasteiger partial charge in [-0.15, -0.1) is 6.58 Å². The molecule has 1 N–H and O–H groups in total. The molecule has 3 fully saturated rings. The van der Waals surface area contributed by atoms with Crippen LogP contribution in [0, 0.1) is 11.8 Å². The van der Waals surface area contributed by atoms with Gasteiger partial charge in [0.25, 0.3) is 0 Å². The summed E-state index contributed by atoms with van der Waals surface area (Å²) >= 11 is 0. The third kappa shape index (κ3) is 5.60. The number of aliphatic hydroxyl groups excluding tert-OH is 1. The summed E-state index contributed by atoms with van der Waals surface area (Å²) in [5.74, 6) is 0.843. The number of pyridine rings is 1. The first-order valence-electron chi connectivity index (χ1n) is 12.7. The Kier molecular flexibility index (Phi) is 8.33. The van der Waals surface area contributed by atoms with E-state index in [9.17, 15) is 31.4 Å². The van der Waals surface area contributed by atoms with E-state index in [0.29, 0.717) is 41.7 Å². The quantitative estimate of drug-likeness (QED) is 0.255. The van der Waals surface area contributed by atoms with Crippen LogP contribution in [0.25, 0.3) is 10.9 Å². The van der Waals surface area contributed by atoms with Crippen LogP contribution in [0.15, 0.2) is 61.3 Å². The number of aromatic nitrogens is 1. The van der Waals surface area contributed by atoms with Crippen molar-refractivity contribution in [1.82, 2.24) is 4.98 Å². The van der Waals surface area contributed by atoms with Crippen molar-refractivity contribution in [3.05, 3.63) is 83.6 Å². The van der Waals surface area contributed by atoms with Gasteiger partial charge in [0.15, 0.2) is 0 Å². The molecule has 11 heteroatoms. The molecule has 0 aliphatic carbocycles. The van der Waals surface area contributed by atoms with E-state index in [2.05, 4.69) is 11.6 Å². The SMILES string of the molecule is C=CC1C[N@+]2(Cc3cc(C(F)(F)F)cc(C(F)(F)F)c3)CCC1CC2C(O)c1ccnc2ccc(OC)cc12.[Br-]. The predicted molar refractivity (Wildman–Crippen MR) is 134 cm³/mol. The van der Waals surface area contributed by atoms with Crippen molar-refractivity contribution in [3.63, 3.8) is 0 Å². The average molecular weight is 631 g/mol. The summed E-state index contributed by atoms with van der Waals surface area (Å²) in [6.45, 7) is 4.86. The normalized spacial score (nSPS) is 25.4. The first-order chi connectivity index (χ1) is 18.3. The van der Waals surface area contributed by atoms with E-state index < -0.39 is 35.6 Å². The van der Waals surface area contributed by atoms with E-state index in [-0.39, 0.29) is 51.5 Å². The van der Waals surface area contributed by atoms with Crippen molar-refractivity contribution in [2.45, 2.75) is 43.9 Å². The Labute approximate surface area is 238 Å². The largest absolute Gasteiger partial charge is 1.00 e. The van der Waals surface area contributed by atoms with Gasteiger partial charge in [0.05, 0.1) is 36.8 Å². The van der Waals surface area contributed by atoms with E-state index in [4.69, 9.17) is 4.74 Å². The van der Waals surface area contributed by atoms with Gasteiger partial charge in [-0.2, -0.15) is 26.3 Å². The van der Waals surface area contributed by atoms with Gasteiger partial charge in [-0.1, -0.05) is 6.08 Å². The summed E-state index contributed by atoms with van der Waals surface area (Å²) in [6, 6.07) is 8.34. The van der Waals surface area contributed by atoms with Gasteiger partial charge >= 0.3 is 12.4 Å². The molecule has 5 atom stereocenters. The van der Waals surface area contributed by atoms with Crippen LogP contribution < -0.4 is 21.7 Å². The Balaban J connectivity index is 0.00000370. The van der Waals surface area contributed by atoms with E-state index in [1.165, 1.54) is 7.11 Å². The topological polar surface area (TPSA) is 42.4 Å². The maximum Gasteiger partial charge on any atom is 0.416 e. The second-order valence-electron chi connectivity index (χ2n) is 10.7. The van der Waals surface area contributed by atoms with Crippen molar-refractivity contribution in [3.8, 4) is 5.75 Å². The lowest BCUT2D eigenvalue weighted by Crippen LogP contribution is -3.00. The molecule has 0 radical (unpaired) electrons. The number of hydrogen-bond donors (Lipinski definition) is 1. The molecule has 4 nitrogen and oxygen atoms in total. The summed E-state index contributed by atoms with van der Waals surface area (Å²) < 4.78 is 87.2. The molecule has 2 aromatic carbocycles. The predicted octanol–water partition coefficient (Wildman–Crippen LogP) is 3.93. The molecule has 2 bridgehead atoms.